The van der Waals surface area contributed by atoms with Crippen molar-refractivity contribution in [2.75, 3.05) is 44.3 Å². The Kier molecular flexibility index (Phi) is 6.00. The van der Waals surface area contributed by atoms with E-state index in [1.807, 2.05) is 36.1 Å². The molecule has 0 saturated carbocycles. The van der Waals surface area contributed by atoms with E-state index >= 15 is 0 Å². The highest BCUT2D eigenvalue weighted by molar-refractivity contribution is 5.78. The third kappa shape index (κ3) is 4.69. The maximum absolute atomic E-state index is 12.4. The minimum absolute atomic E-state index is 0.0238. The third-order valence-corrected chi connectivity index (χ3v) is 4.48. The Morgan fingerprint density at radius 3 is 2.35 bits per heavy atom. The summed E-state index contributed by atoms with van der Waals surface area (Å²) in [7, 11) is 0. The Balaban J connectivity index is 1.48. The zero-order valence-corrected chi connectivity index (χ0v) is 15.5. The van der Waals surface area contributed by atoms with E-state index in [-0.39, 0.29) is 12.5 Å². The molecule has 0 spiro atoms. The Labute approximate surface area is 155 Å². The number of ether oxygens (including phenoxy) is 2. The van der Waals surface area contributed by atoms with Crippen LogP contribution in [-0.4, -0.2) is 50.2 Å². The molecule has 0 aromatic heterocycles. The number of hydrogen-bond acceptors (Lipinski definition) is 4. The van der Waals surface area contributed by atoms with Crippen molar-refractivity contribution in [1.29, 1.82) is 0 Å². The summed E-state index contributed by atoms with van der Waals surface area (Å²) in [6.45, 7) is 7.82. The van der Waals surface area contributed by atoms with E-state index in [2.05, 4.69) is 36.1 Å². The van der Waals surface area contributed by atoms with Crippen LogP contribution < -0.4 is 14.4 Å². The molecule has 1 aliphatic rings. The molecule has 1 heterocycles. The van der Waals surface area contributed by atoms with E-state index in [1.165, 1.54) is 11.3 Å². The molecule has 1 aliphatic heterocycles. The van der Waals surface area contributed by atoms with Gasteiger partial charge in [-0.2, -0.15) is 0 Å². The van der Waals surface area contributed by atoms with Gasteiger partial charge in [0.05, 0.1) is 6.61 Å². The van der Waals surface area contributed by atoms with Crippen molar-refractivity contribution in [2.24, 2.45) is 0 Å². The molecule has 26 heavy (non-hydrogen) atoms. The van der Waals surface area contributed by atoms with Gasteiger partial charge in [-0.05, 0) is 43.7 Å². The molecule has 2 aromatic rings. The first kappa shape index (κ1) is 18.1. The van der Waals surface area contributed by atoms with Crippen LogP contribution in [-0.2, 0) is 4.79 Å². The quantitative estimate of drug-likeness (QED) is 0.799. The van der Waals surface area contributed by atoms with E-state index in [9.17, 15) is 4.79 Å². The zero-order chi connectivity index (χ0) is 18.4. The van der Waals surface area contributed by atoms with Crippen molar-refractivity contribution in [2.45, 2.75) is 13.8 Å². The normalized spacial score (nSPS) is 14.2. The van der Waals surface area contributed by atoms with Gasteiger partial charge in [0.25, 0.3) is 5.91 Å². The third-order valence-electron chi connectivity index (χ3n) is 4.48. The minimum atomic E-state index is 0.0238. The van der Waals surface area contributed by atoms with Gasteiger partial charge in [-0.25, -0.2) is 0 Å². The molecule has 0 bridgehead atoms. The molecule has 0 radical (unpaired) electrons. The van der Waals surface area contributed by atoms with E-state index in [0.29, 0.717) is 12.4 Å². The molecule has 1 saturated heterocycles. The van der Waals surface area contributed by atoms with E-state index in [1.54, 1.807) is 0 Å². The lowest BCUT2D eigenvalue weighted by Crippen LogP contribution is -2.50. The van der Waals surface area contributed by atoms with Crippen molar-refractivity contribution >= 4 is 11.6 Å². The number of anilines is 1. The SMILES string of the molecule is CCOc1cccc(OCC(=O)N2CCN(c3cccc(C)c3)CC2)c1. The van der Waals surface area contributed by atoms with Crippen LogP contribution in [0.1, 0.15) is 12.5 Å². The average molecular weight is 354 g/mol. The number of aryl methyl sites for hydroxylation is 1. The maximum atomic E-state index is 12.4. The van der Waals surface area contributed by atoms with E-state index in [0.717, 1.165) is 31.9 Å². The summed E-state index contributed by atoms with van der Waals surface area (Å²) >= 11 is 0. The standard InChI is InChI=1S/C21H26N2O3/c1-3-25-19-8-5-9-20(15-19)26-16-21(24)23-12-10-22(11-13-23)18-7-4-6-17(2)14-18/h4-9,14-15H,3,10-13,16H2,1-2H3. The first-order chi connectivity index (χ1) is 12.7. The molecular weight excluding hydrogens is 328 g/mol. The minimum Gasteiger partial charge on any atom is -0.494 e. The largest absolute Gasteiger partial charge is 0.494 e. The summed E-state index contributed by atoms with van der Waals surface area (Å²) in [5.41, 5.74) is 2.48. The monoisotopic (exact) mass is 354 g/mol. The van der Waals surface area contributed by atoms with Crippen molar-refractivity contribution in [3.8, 4) is 11.5 Å². The van der Waals surface area contributed by atoms with Crippen LogP contribution in [0.15, 0.2) is 48.5 Å². The second kappa shape index (κ2) is 8.61. The Morgan fingerprint density at radius 1 is 0.962 bits per heavy atom. The van der Waals surface area contributed by atoms with Gasteiger partial charge in [-0.15, -0.1) is 0 Å². The lowest BCUT2D eigenvalue weighted by molar-refractivity contribution is -0.133. The maximum Gasteiger partial charge on any atom is 0.260 e. The van der Waals surface area contributed by atoms with Gasteiger partial charge >= 0.3 is 0 Å². The number of rotatable bonds is 6. The molecule has 138 valence electrons. The average Bonchev–Trinajstić information content (AvgIpc) is 2.67. The van der Waals surface area contributed by atoms with Gasteiger partial charge in [0.2, 0.25) is 0 Å². The molecule has 1 amide bonds. The zero-order valence-electron chi connectivity index (χ0n) is 15.5. The molecule has 5 heteroatoms. The number of benzene rings is 2. The summed E-state index contributed by atoms with van der Waals surface area (Å²) in [4.78, 5) is 16.6. The Hall–Kier alpha value is -2.69. The summed E-state index contributed by atoms with van der Waals surface area (Å²) in [6, 6.07) is 15.9. The Bertz CT molecular complexity index is 740. The molecule has 0 atom stereocenters. The topological polar surface area (TPSA) is 42.0 Å². The lowest BCUT2D eigenvalue weighted by atomic mass is 10.2. The number of hydrogen-bond donors (Lipinski definition) is 0. The first-order valence-electron chi connectivity index (χ1n) is 9.11. The van der Waals surface area contributed by atoms with Crippen LogP contribution in [0.25, 0.3) is 0 Å². The molecule has 0 unspecified atom stereocenters. The number of piperazine rings is 1. The lowest BCUT2D eigenvalue weighted by Gasteiger charge is -2.36. The van der Waals surface area contributed by atoms with Crippen LogP contribution in [0.4, 0.5) is 5.69 Å². The van der Waals surface area contributed by atoms with Crippen molar-refractivity contribution in [3.63, 3.8) is 0 Å². The molecule has 5 nitrogen and oxygen atoms in total. The van der Waals surface area contributed by atoms with Gasteiger partial charge in [0, 0.05) is 37.9 Å². The molecule has 0 N–H and O–H groups in total. The van der Waals surface area contributed by atoms with Crippen molar-refractivity contribution < 1.29 is 14.3 Å². The fourth-order valence-corrected chi connectivity index (χ4v) is 3.10. The second-order valence-electron chi connectivity index (χ2n) is 6.40. The highest BCUT2D eigenvalue weighted by atomic mass is 16.5. The number of carbonyl (C=O) groups excluding carboxylic acids is 1. The van der Waals surface area contributed by atoms with Crippen LogP contribution in [0.2, 0.25) is 0 Å². The van der Waals surface area contributed by atoms with Crippen molar-refractivity contribution in [3.05, 3.63) is 54.1 Å². The van der Waals surface area contributed by atoms with Gasteiger partial charge < -0.3 is 19.3 Å². The molecule has 0 aliphatic carbocycles. The molecule has 3 rings (SSSR count). The summed E-state index contributed by atoms with van der Waals surface area (Å²) in [5, 5.41) is 0. The number of carbonyl (C=O) groups is 1. The van der Waals surface area contributed by atoms with E-state index < -0.39 is 0 Å². The summed E-state index contributed by atoms with van der Waals surface area (Å²) in [6.07, 6.45) is 0. The van der Waals surface area contributed by atoms with Crippen LogP contribution in [0, 0.1) is 6.92 Å². The molecule has 1 fully saturated rings. The molecule has 2 aromatic carbocycles. The number of nitrogens with zero attached hydrogens (tertiary/aromatic N) is 2. The van der Waals surface area contributed by atoms with E-state index in [4.69, 9.17) is 9.47 Å². The van der Waals surface area contributed by atoms with Crippen molar-refractivity contribution in [1.82, 2.24) is 4.90 Å². The van der Waals surface area contributed by atoms with Gasteiger partial charge in [-0.1, -0.05) is 18.2 Å². The summed E-state index contributed by atoms with van der Waals surface area (Å²) < 4.78 is 11.1. The second-order valence-corrected chi connectivity index (χ2v) is 6.40. The van der Waals surface area contributed by atoms with Gasteiger partial charge in [0.1, 0.15) is 11.5 Å². The Morgan fingerprint density at radius 2 is 1.65 bits per heavy atom. The fraction of sp³-hybridized carbons (Fsp3) is 0.381. The highest BCUT2D eigenvalue weighted by Crippen LogP contribution is 2.20. The van der Waals surface area contributed by atoms with Gasteiger partial charge in [-0.3, -0.25) is 4.79 Å². The van der Waals surface area contributed by atoms with Crippen LogP contribution >= 0.6 is 0 Å². The predicted octanol–water partition coefficient (Wildman–Crippen LogP) is 3.12. The first-order valence-corrected chi connectivity index (χ1v) is 9.11. The van der Waals surface area contributed by atoms with Gasteiger partial charge in [0.15, 0.2) is 6.61 Å². The van der Waals surface area contributed by atoms with Crippen LogP contribution in [0.5, 0.6) is 11.5 Å². The fourth-order valence-electron chi connectivity index (χ4n) is 3.10. The molecular formula is C21H26N2O3. The summed E-state index contributed by atoms with van der Waals surface area (Å²) in [5.74, 6) is 1.43. The highest BCUT2D eigenvalue weighted by Gasteiger charge is 2.21. The predicted molar refractivity (Wildman–Crippen MR) is 103 cm³/mol. The smallest absolute Gasteiger partial charge is 0.260 e. The van der Waals surface area contributed by atoms with Crippen LogP contribution in [0.3, 0.4) is 0 Å². The number of amides is 1.